The molecule has 3 aromatic rings. The van der Waals surface area contributed by atoms with Gasteiger partial charge in [-0.3, -0.25) is 9.59 Å². The van der Waals surface area contributed by atoms with E-state index in [0.717, 1.165) is 10.4 Å². The first-order valence-corrected chi connectivity index (χ1v) is 9.61. The first-order valence-electron chi connectivity index (χ1n) is 8.79. The number of carbonyl (C=O) groups is 2. The Labute approximate surface area is 165 Å². The third kappa shape index (κ3) is 4.28. The van der Waals surface area contributed by atoms with Gasteiger partial charge in [-0.25, -0.2) is 9.78 Å². The summed E-state index contributed by atoms with van der Waals surface area (Å²) in [6, 6.07) is 6.57. The largest absolute Gasteiger partial charge is 0.482 e. The number of aryl methyl sites for hydroxylation is 2. The zero-order valence-corrected chi connectivity index (χ0v) is 16.6. The fourth-order valence-corrected chi connectivity index (χ4v) is 3.69. The molecule has 0 radical (unpaired) electrons. The Morgan fingerprint density at radius 1 is 1.18 bits per heavy atom. The second-order valence-electron chi connectivity index (χ2n) is 6.23. The number of aromatic nitrogens is 2. The predicted molar refractivity (Wildman–Crippen MR) is 106 cm³/mol. The molecule has 0 atom stereocenters. The smallest absolute Gasteiger partial charge is 0.344 e. The van der Waals surface area contributed by atoms with Crippen LogP contribution in [0.2, 0.25) is 0 Å². The molecule has 0 bridgehead atoms. The minimum absolute atomic E-state index is 0.0422. The van der Waals surface area contributed by atoms with Gasteiger partial charge in [-0.15, -0.1) is 11.3 Å². The molecule has 0 aliphatic carbocycles. The van der Waals surface area contributed by atoms with Crippen LogP contribution in [-0.2, 0) is 16.1 Å². The van der Waals surface area contributed by atoms with Gasteiger partial charge in [0.2, 0.25) is 0 Å². The number of thiophene rings is 1. The lowest BCUT2D eigenvalue weighted by atomic mass is 10.1. The highest BCUT2D eigenvalue weighted by molar-refractivity contribution is 7.18. The average Bonchev–Trinajstić information content (AvgIpc) is 2.98. The van der Waals surface area contributed by atoms with Gasteiger partial charge in [-0.1, -0.05) is 6.92 Å². The number of H-pyrrole nitrogens is 1. The number of benzene rings is 1. The summed E-state index contributed by atoms with van der Waals surface area (Å²) < 4.78 is 10.5. The topological polar surface area (TPSA) is 98.3 Å². The molecule has 0 aliphatic rings. The summed E-state index contributed by atoms with van der Waals surface area (Å²) in [5, 5.41) is 0.575. The van der Waals surface area contributed by atoms with Crippen molar-refractivity contribution in [3.63, 3.8) is 0 Å². The van der Waals surface area contributed by atoms with Crippen LogP contribution in [0.15, 0.2) is 29.1 Å². The number of hydrogen-bond donors (Lipinski definition) is 1. The van der Waals surface area contributed by atoms with E-state index in [9.17, 15) is 14.4 Å². The van der Waals surface area contributed by atoms with Crippen LogP contribution in [0.4, 0.5) is 0 Å². The molecule has 8 heteroatoms. The van der Waals surface area contributed by atoms with Crippen molar-refractivity contribution in [1.82, 2.24) is 9.97 Å². The number of ether oxygens (including phenoxy) is 2. The Balaban J connectivity index is 1.56. The molecule has 0 saturated heterocycles. The summed E-state index contributed by atoms with van der Waals surface area (Å²) in [5.41, 5.74) is 1.27. The molecule has 1 N–H and O–H groups in total. The molecule has 1 aromatic carbocycles. The number of fused-ring (bicyclic) bond motifs is 1. The van der Waals surface area contributed by atoms with Gasteiger partial charge in [0.05, 0.1) is 5.39 Å². The zero-order chi connectivity index (χ0) is 20.3. The summed E-state index contributed by atoms with van der Waals surface area (Å²) >= 11 is 1.43. The maximum atomic E-state index is 12.2. The molecule has 7 nitrogen and oxygen atoms in total. The lowest BCUT2D eigenvalue weighted by Crippen LogP contribution is -2.17. The quantitative estimate of drug-likeness (QED) is 0.483. The first kappa shape index (κ1) is 19.8. The van der Waals surface area contributed by atoms with E-state index in [4.69, 9.17) is 9.47 Å². The number of hydrogen-bond acceptors (Lipinski definition) is 7. The highest BCUT2D eigenvalue weighted by Crippen LogP contribution is 2.25. The van der Waals surface area contributed by atoms with Crippen LogP contribution in [0.3, 0.4) is 0 Å². The lowest BCUT2D eigenvalue weighted by molar-refractivity contribution is -0.147. The molecule has 0 aliphatic heterocycles. The van der Waals surface area contributed by atoms with Gasteiger partial charge in [0.25, 0.3) is 5.56 Å². The second-order valence-corrected chi connectivity index (χ2v) is 7.43. The highest BCUT2D eigenvalue weighted by Gasteiger charge is 2.13. The Kier molecular flexibility index (Phi) is 5.89. The maximum Gasteiger partial charge on any atom is 0.344 e. The Hall–Kier alpha value is -3.00. The molecule has 28 heavy (non-hydrogen) atoms. The van der Waals surface area contributed by atoms with Gasteiger partial charge in [0, 0.05) is 16.9 Å². The number of aromatic amines is 1. The van der Waals surface area contributed by atoms with Gasteiger partial charge in [0.15, 0.2) is 12.4 Å². The molecular formula is C20H20N2O5S. The van der Waals surface area contributed by atoms with Crippen LogP contribution >= 0.6 is 11.3 Å². The van der Waals surface area contributed by atoms with Crippen molar-refractivity contribution in [2.75, 3.05) is 6.61 Å². The summed E-state index contributed by atoms with van der Waals surface area (Å²) in [6.45, 7) is 5.18. The molecule has 0 spiro atoms. The summed E-state index contributed by atoms with van der Waals surface area (Å²) in [6.07, 6.45) is 0.430. The second kappa shape index (κ2) is 8.35. The van der Waals surface area contributed by atoms with Gasteiger partial charge in [-0.2, -0.15) is 0 Å². The van der Waals surface area contributed by atoms with Gasteiger partial charge < -0.3 is 14.5 Å². The third-order valence-corrected chi connectivity index (χ3v) is 5.41. The van der Waals surface area contributed by atoms with E-state index in [1.165, 1.54) is 11.3 Å². The molecule has 0 fully saturated rings. The van der Waals surface area contributed by atoms with Gasteiger partial charge in [0.1, 0.15) is 23.0 Å². The van der Waals surface area contributed by atoms with Crippen molar-refractivity contribution in [3.05, 3.63) is 56.4 Å². The lowest BCUT2D eigenvalue weighted by Gasteiger charge is -2.07. The van der Waals surface area contributed by atoms with Crippen molar-refractivity contribution in [1.29, 1.82) is 0 Å². The molecule has 2 heterocycles. The number of Topliss-reactive ketones (excluding diaryl/α,β-unsaturated/α-hetero) is 1. The number of rotatable bonds is 7. The summed E-state index contributed by atoms with van der Waals surface area (Å²) in [7, 11) is 0. The number of esters is 1. The molecule has 146 valence electrons. The molecule has 0 saturated carbocycles. The van der Waals surface area contributed by atoms with Gasteiger partial charge in [-0.05, 0) is 43.7 Å². The van der Waals surface area contributed by atoms with Crippen molar-refractivity contribution in [2.24, 2.45) is 0 Å². The van der Waals surface area contributed by atoms with E-state index in [2.05, 4.69) is 9.97 Å². The maximum absolute atomic E-state index is 12.2. The molecular weight excluding hydrogens is 380 g/mol. The minimum Gasteiger partial charge on any atom is -0.482 e. The SMILES string of the molecule is CCC(=O)c1ccc(OCC(=O)OCc2nc3sc(C)c(C)c3c(=O)[nH]2)cc1. The average molecular weight is 400 g/mol. The molecule has 0 unspecified atom stereocenters. The van der Waals surface area contributed by atoms with E-state index in [1.807, 2.05) is 13.8 Å². The Bertz CT molecular complexity index is 1080. The normalized spacial score (nSPS) is 10.8. The molecule has 2 aromatic heterocycles. The van der Waals surface area contributed by atoms with Crippen LogP contribution in [0.1, 0.15) is 40.0 Å². The van der Waals surface area contributed by atoms with Crippen LogP contribution in [0.5, 0.6) is 5.75 Å². The van der Waals surface area contributed by atoms with Crippen LogP contribution in [0, 0.1) is 13.8 Å². The van der Waals surface area contributed by atoms with Gasteiger partial charge >= 0.3 is 5.97 Å². The number of nitrogens with one attached hydrogen (secondary N) is 1. The van der Waals surface area contributed by atoms with Crippen molar-refractivity contribution >= 4 is 33.3 Å². The molecule has 0 amide bonds. The third-order valence-electron chi connectivity index (χ3n) is 4.31. The first-order chi connectivity index (χ1) is 13.4. The minimum atomic E-state index is -0.588. The van der Waals surface area contributed by atoms with Crippen molar-refractivity contribution in [2.45, 2.75) is 33.8 Å². The fourth-order valence-electron chi connectivity index (χ4n) is 2.64. The van der Waals surface area contributed by atoms with Crippen molar-refractivity contribution in [3.8, 4) is 5.75 Å². The highest BCUT2D eigenvalue weighted by atomic mass is 32.1. The summed E-state index contributed by atoms with van der Waals surface area (Å²) in [5.74, 6) is 0.201. The number of ketones is 1. The van der Waals surface area contributed by atoms with E-state index in [0.29, 0.717) is 28.0 Å². The molecule has 3 rings (SSSR count). The van der Waals surface area contributed by atoms with Crippen LogP contribution < -0.4 is 10.3 Å². The Morgan fingerprint density at radius 2 is 1.89 bits per heavy atom. The summed E-state index contributed by atoms with van der Waals surface area (Å²) in [4.78, 5) is 44.4. The predicted octanol–water partition coefficient (Wildman–Crippen LogP) is 3.32. The fraction of sp³-hybridized carbons (Fsp3) is 0.300. The van der Waals surface area contributed by atoms with E-state index >= 15 is 0 Å². The Morgan fingerprint density at radius 3 is 2.57 bits per heavy atom. The zero-order valence-electron chi connectivity index (χ0n) is 15.8. The number of carbonyl (C=O) groups excluding carboxylic acids is 2. The van der Waals surface area contributed by atoms with E-state index in [-0.39, 0.29) is 30.4 Å². The van der Waals surface area contributed by atoms with Crippen molar-refractivity contribution < 1.29 is 19.1 Å². The van der Waals surface area contributed by atoms with Crippen LogP contribution in [-0.4, -0.2) is 28.3 Å². The number of nitrogens with zero attached hydrogens (tertiary/aromatic N) is 1. The monoisotopic (exact) mass is 400 g/mol. The van der Waals surface area contributed by atoms with E-state index < -0.39 is 5.97 Å². The standard InChI is InChI=1S/C20H20N2O5S/c1-4-15(23)13-5-7-14(8-6-13)26-10-17(24)27-9-16-21-19(25)18-11(2)12(3)28-20(18)22-16/h5-8H,4,9-10H2,1-3H3,(H,21,22,25). The van der Waals surface area contributed by atoms with E-state index in [1.54, 1.807) is 31.2 Å². The van der Waals surface area contributed by atoms with Crippen LogP contribution in [0.25, 0.3) is 10.2 Å².